The third-order valence-electron chi connectivity index (χ3n) is 8.15. The van der Waals surface area contributed by atoms with Gasteiger partial charge in [-0.05, 0) is 92.6 Å². The number of para-hydroxylation sites is 2. The van der Waals surface area contributed by atoms with Gasteiger partial charge < -0.3 is 30.3 Å². The van der Waals surface area contributed by atoms with E-state index in [4.69, 9.17) is 15.2 Å². The van der Waals surface area contributed by atoms with Gasteiger partial charge in [0.1, 0.15) is 23.5 Å². The van der Waals surface area contributed by atoms with Crippen LogP contribution in [0.4, 0.5) is 14.5 Å². The van der Waals surface area contributed by atoms with Gasteiger partial charge in [0.2, 0.25) is 0 Å². The Morgan fingerprint density at radius 3 is 2.25 bits per heavy atom. The maximum absolute atomic E-state index is 14.0. The average molecular weight is 665 g/mol. The van der Waals surface area contributed by atoms with Gasteiger partial charge >= 0.3 is 5.97 Å². The predicted octanol–water partition coefficient (Wildman–Crippen LogP) is 5.74. The largest absolute Gasteiger partial charge is 0.482 e. The van der Waals surface area contributed by atoms with Crippen molar-refractivity contribution in [2.24, 2.45) is 5.73 Å². The first-order valence-electron chi connectivity index (χ1n) is 16.6. The van der Waals surface area contributed by atoms with Crippen LogP contribution in [0.5, 0.6) is 5.75 Å². The monoisotopic (exact) mass is 664 g/mol. The predicted molar refractivity (Wildman–Crippen MR) is 181 cm³/mol. The summed E-state index contributed by atoms with van der Waals surface area (Å²) in [6, 6.07) is 14.2. The van der Waals surface area contributed by atoms with Gasteiger partial charge in [-0.2, -0.15) is 0 Å². The van der Waals surface area contributed by atoms with E-state index in [1.807, 2.05) is 13.8 Å². The van der Waals surface area contributed by atoms with Crippen molar-refractivity contribution in [3.63, 3.8) is 0 Å². The van der Waals surface area contributed by atoms with Crippen molar-refractivity contribution in [2.45, 2.75) is 65.0 Å². The molecule has 0 saturated carbocycles. The second-order valence-corrected chi connectivity index (χ2v) is 12.2. The number of hydrogen-bond donors (Lipinski definition) is 2. The Hall–Kier alpha value is -4.51. The number of nitrogens with zero attached hydrogens (tertiary/aromatic N) is 2. The quantitative estimate of drug-likeness (QED) is 0.188. The molecule has 3 aromatic rings. The lowest BCUT2D eigenvalue weighted by Gasteiger charge is -2.26. The van der Waals surface area contributed by atoms with E-state index >= 15 is 0 Å². The number of rotatable bonds is 16. The molecule has 0 aromatic heterocycles. The number of amides is 2. The molecular weight excluding hydrogens is 618 g/mol. The molecule has 2 atom stereocenters. The normalized spacial score (nSPS) is 13.9. The van der Waals surface area contributed by atoms with Gasteiger partial charge in [0.15, 0.2) is 6.61 Å². The summed E-state index contributed by atoms with van der Waals surface area (Å²) in [6.07, 6.45) is 2.59. The first-order valence-corrected chi connectivity index (χ1v) is 16.6. The molecule has 0 spiro atoms. The van der Waals surface area contributed by atoms with Gasteiger partial charge in [-0.3, -0.25) is 9.59 Å². The zero-order chi connectivity index (χ0) is 34.6. The van der Waals surface area contributed by atoms with Crippen LogP contribution in [-0.2, 0) is 16.0 Å². The molecule has 11 heteroatoms. The number of halogens is 2. The zero-order valence-electron chi connectivity index (χ0n) is 28.0. The van der Waals surface area contributed by atoms with Crippen LogP contribution < -0.4 is 15.8 Å². The van der Waals surface area contributed by atoms with Crippen molar-refractivity contribution in [2.75, 3.05) is 44.6 Å². The fourth-order valence-electron chi connectivity index (χ4n) is 5.83. The number of anilines is 1. The number of carbonyl (C=O) groups excluding carboxylic acids is 3. The lowest BCUT2D eigenvalue weighted by atomic mass is 10.0. The van der Waals surface area contributed by atoms with Crippen LogP contribution in [0, 0.1) is 18.6 Å². The van der Waals surface area contributed by atoms with Gasteiger partial charge in [0, 0.05) is 43.9 Å². The Kier molecular flexibility index (Phi) is 13.3. The number of benzene rings is 3. The first kappa shape index (κ1) is 36.3. The minimum absolute atomic E-state index is 0.0112. The Balaban J connectivity index is 1.54. The van der Waals surface area contributed by atoms with Crippen molar-refractivity contribution in [1.29, 1.82) is 0 Å². The van der Waals surface area contributed by atoms with Crippen molar-refractivity contribution >= 4 is 23.5 Å². The number of nitrogens with one attached hydrogen (secondary N) is 1. The fourth-order valence-corrected chi connectivity index (χ4v) is 5.83. The topological polar surface area (TPSA) is 114 Å². The third kappa shape index (κ3) is 10.2. The van der Waals surface area contributed by atoms with E-state index in [1.165, 1.54) is 18.2 Å². The van der Waals surface area contributed by atoms with E-state index in [9.17, 15) is 23.2 Å². The second-order valence-electron chi connectivity index (χ2n) is 12.2. The van der Waals surface area contributed by atoms with Crippen LogP contribution >= 0.6 is 0 Å². The van der Waals surface area contributed by atoms with E-state index in [1.54, 1.807) is 53.1 Å². The number of nitrogens with two attached hydrogens (primary N) is 1. The van der Waals surface area contributed by atoms with Gasteiger partial charge in [0.25, 0.3) is 11.8 Å². The van der Waals surface area contributed by atoms with Crippen LogP contribution in [0.2, 0.25) is 0 Å². The van der Waals surface area contributed by atoms with Gasteiger partial charge in [-0.25, -0.2) is 13.6 Å². The minimum atomic E-state index is -0.973. The first-order chi connectivity index (χ1) is 23.1. The molecule has 0 aliphatic carbocycles. The zero-order valence-corrected chi connectivity index (χ0v) is 28.0. The van der Waals surface area contributed by atoms with Crippen LogP contribution in [0.25, 0.3) is 0 Å². The maximum atomic E-state index is 14.0. The van der Waals surface area contributed by atoms with Crippen molar-refractivity contribution in [3.8, 4) is 5.75 Å². The third-order valence-corrected chi connectivity index (χ3v) is 8.15. The summed E-state index contributed by atoms with van der Waals surface area (Å²) in [5, 5.41) is 3.22. The Morgan fingerprint density at radius 1 is 0.938 bits per heavy atom. The van der Waals surface area contributed by atoms with E-state index in [2.05, 4.69) is 5.32 Å². The van der Waals surface area contributed by atoms with E-state index in [-0.39, 0.29) is 37.0 Å². The van der Waals surface area contributed by atoms with Crippen LogP contribution in [0.15, 0.2) is 60.7 Å². The summed E-state index contributed by atoms with van der Waals surface area (Å²) in [7, 11) is 0. The molecule has 1 aliphatic rings. The summed E-state index contributed by atoms with van der Waals surface area (Å²) >= 11 is 0. The number of esters is 1. The minimum Gasteiger partial charge on any atom is -0.482 e. The maximum Gasteiger partial charge on any atom is 0.338 e. The average Bonchev–Trinajstić information content (AvgIpc) is 3.60. The fraction of sp³-hybridized carbons (Fsp3) is 0.432. The molecule has 3 N–H and O–H groups in total. The van der Waals surface area contributed by atoms with Crippen LogP contribution in [-0.4, -0.2) is 79.1 Å². The highest BCUT2D eigenvalue weighted by molar-refractivity contribution is 5.98. The smallest absolute Gasteiger partial charge is 0.338 e. The molecule has 3 aromatic carbocycles. The molecule has 0 radical (unpaired) electrons. The van der Waals surface area contributed by atoms with E-state index in [0.717, 1.165) is 31.7 Å². The molecule has 1 heterocycles. The Labute approximate surface area is 281 Å². The molecule has 1 fully saturated rings. The Bertz CT molecular complexity index is 1540. The number of hydrogen-bond acceptors (Lipinski definition) is 7. The Morgan fingerprint density at radius 2 is 1.58 bits per heavy atom. The summed E-state index contributed by atoms with van der Waals surface area (Å²) in [4.78, 5) is 43.1. The lowest BCUT2D eigenvalue weighted by Crippen LogP contribution is -2.44. The molecule has 48 heavy (non-hydrogen) atoms. The summed E-state index contributed by atoms with van der Waals surface area (Å²) in [6.45, 7) is 8.33. The SMILES string of the molecule is CCCN(CCC)C(=O)c1cc(C)cc(C(=O)O[C@H](CNc2ccccc2OCC(=O)N2CCCC2)[C@@H](N)Cc2cc(F)cc(F)c2)c1. The summed E-state index contributed by atoms with van der Waals surface area (Å²) in [5.74, 6) is -2.01. The molecule has 2 amide bonds. The lowest BCUT2D eigenvalue weighted by molar-refractivity contribution is -0.132. The van der Waals surface area contributed by atoms with Crippen LogP contribution in [0.1, 0.15) is 71.4 Å². The number of carbonyl (C=O) groups is 3. The molecule has 0 bridgehead atoms. The van der Waals surface area contributed by atoms with Crippen molar-refractivity contribution < 1.29 is 32.6 Å². The van der Waals surface area contributed by atoms with E-state index < -0.39 is 29.7 Å². The number of ether oxygens (including phenoxy) is 2. The highest BCUT2D eigenvalue weighted by Gasteiger charge is 2.26. The number of likely N-dealkylation sites (tertiary alicyclic amines) is 1. The van der Waals surface area contributed by atoms with Gasteiger partial charge in [-0.1, -0.05) is 26.0 Å². The van der Waals surface area contributed by atoms with Crippen molar-refractivity contribution in [3.05, 3.63) is 94.6 Å². The van der Waals surface area contributed by atoms with E-state index in [0.29, 0.717) is 54.3 Å². The highest BCUT2D eigenvalue weighted by Crippen LogP contribution is 2.25. The van der Waals surface area contributed by atoms with Gasteiger partial charge in [0.05, 0.1) is 17.8 Å². The summed E-state index contributed by atoms with van der Waals surface area (Å²) < 4.78 is 39.8. The van der Waals surface area contributed by atoms with Crippen molar-refractivity contribution in [1.82, 2.24) is 9.80 Å². The summed E-state index contributed by atoms with van der Waals surface area (Å²) in [5.41, 5.74) is 8.69. The molecular formula is C37H46F2N4O5. The molecule has 258 valence electrons. The molecule has 9 nitrogen and oxygen atoms in total. The highest BCUT2D eigenvalue weighted by atomic mass is 19.1. The second kappa shape index (κ2) is 17.6. The standard InChI is InChI=1S/C37H46F2N4O5/c1-4-12-43(13-5-2)36(45)27-16-25(3)17-28(21-27)37(46)48-34(31(40)20-26-18-29(38)22-30(39)19-26)23-41-32-10-6-7-11-33(32)47-24-35(44)42-14-8-9-15-42/h6-7,10-11,16-19,21-22,31,34,41H,4-5,8-9,12-15,20,23-24,40H2,1-3H3/t31-,34+/m0/s1. The van der Waals surface area contributed by atoms with Gasteiger partial charge in [-0.15, -0.1) is 0 Å². The molecule has 1 saturated heterocycles. The molecule has 0 unspecified atom stereocenters. The number of aryl methyl sites for hydroxylation is 1. The van der Waals surface area contributed by atoms with Crippen LogP contribution in [0.3, 0.4) is 0 Å². The molecule has 1 aliphatic heterocycles. The molecule has 4 rings (SSSR count).